The number of aliphatic hydroxyl groups excluding tert-OH is 1. The molecule has 0 saturated heterocycles. The Labute approximate surface area is 124 Å². The predicted octanol–water partition coefficient (Wildman–Crippen LogP) is 1.72. The van der Waals surface area contributed by atoms with Crippen LogP contribution in [0.3, 0.4) is 0 Å². The van der Waals surface area contributed by atoms with Crippen LogP contribution in [0.15, 0.2) is 42.6 Å². The van der Waals surface area contributed by atoms with Crippen LogP contribution in [-0.2, 0) is 6.54 Å². The van der Waals surface area contributed by atoms with Crippen LogP contribution in [0.2, 0.25) is 0 Å². The number of carbonyl (C=O) groups excluding carboxylic acids is 1. The molecule has 0 unspecified atom stereocenters. The maximum absolute atomic E-state index is 11.8. The van der Waals surface area contributed by atoms with E-state index in [9.17, 15) is 4.79 Å². The van der Waals surface area contributed by atoms with Gasteiger partial charge in [0.25, 0.3) is 5.91 Å². The van der Waals surface area contributed by atoms with Crippen LogP contribution in [0.5, 0.6) is 0 Å². The molecule has 0 radical (unpaired) electrons. The smallest absolute Gasteiger partial charge is 0.251 e. The molecule has 0 aliphatic carbocycles. The van der Waals surface area contributed by atoms with E-state index in [1.54, 1.807) is 18.3 Å². The normalized spacial score (nSPS) is 10.2. The van der Waals surface area contributed by atoms with Gasteiger partial charge >= 0.3 is 0 Å². The van der Waals surface area contributed by atoms with Crippen LogP contribution in [0.4, 0.5) is 5.69 Å². The number of nitrogens with zero attached hydrogens (tertiary/aromatic N) is 1. The van der Waals surface area contributed by atoms with E-state index in [1.165, 1.54) is 0 Å². The number of hydrogen-bond donors (Lipinski definition) is 3. The summed E-state index contributed by atoms with van der Waals surface area (Å²) >= 11 is 0. The first kappa shape index (κ1) is 15.0. The van der Waals surface area contributed by atoms with E-state index in [0.29, 0.717) is 12.1 Å². The molecule has 2 aromatic rings. The van der Waals surface area contributed by atoms with Crippen molar-refractivity contribution in [3.63, 3.8) is 0 Å². The average molecular weight is 285 g/mol. The van der Waals surface area contributed by atoms with Gasteiger partial charge in [0.1, 0.15) is 0 Å². The molecule has 5 heteroatoms. The summed E-state index contributed by atoms with van der Waals surface area (Å²) in [6.07, 6.45) is 1.77. The Hall–Kier alpha value is -2.40. The summed E-state index contributed by atoms with van der Waals surface area (Å²) < 4.78 is 0. The molecule has 3 N–H and O–H groups in total. The second kappa shape index (κ2) is 7.40. The van der Waals surface area contributed by atoms with Crippen molar-refractivity contribution in [1.29, 1.82) is 0 Å². The summed E-state index contributed by atoms with van der Waals surface area (Å²) in [4.78, 5) is 16.1. The van der Waals surface area contributed by atoms with Gasteiger partial charge in [-0.1, -0.05) is 12.1 Å². The van der Waals surface area contributed by atoms with Gasteiger partial charge < -0.3 is 15.7 Å². The molecule has 0 aliphatic heterocycles. The van der Waals surface area contributed by atoms with Crippen LogP contribution < -0.4 is 10.6 Å². The fourth-order valence-electron chi connectivity index (χ4n) is 1.94. The van der Waals surface area contributed by atoms with Gasteiger partial charge in [-0.3, -0.25) is 9.78 Å². The minimum absolute atomic E-state index is 0.0655. The molecular formula is C16H19N3O2. The Morgan fingerprint density at radius 3 is 2.90 bits per heavy atom. The molecule has 0 saturated carbocycles. The van der Waals surface area contributed by atoms with Crippen molar-refractivity contribution in [2.45, 2.75) is 13.5 Å². The Morgan fingerprint density at radius 1 is 1.29 bits per heavy atom. The van der Waals surface area contributed by atoms with E-state index in [4.69, 9.17) is 5.11 Å². The summed E-state index contributed by atoms with van der Waals surface area (Å²) in [5.74, 6) is -0.190. The van der Waals surface area contributed by atoms with Gasteiger partial charge in [0.05, 0.1) is 6.61 Å². The van der Waals surface area contributed by atoms with E-state index < -0.39 is 0 Å². The summed E-state index contributed by atoms with van der Waals surface area (Å²) in [6.45, 7) is 2.81. The van der Waals surface area contributed by atoms with Crippen molar-refractivity contribution >= 4 is 11.6 Å². The third kappa shape index (κ3) is 4.29. The fraction of sp³-hybridized carbons (Fsp3) is 0.250. The van der Waals surface area contributed by atoms with E-state index in [0.717, 1.165) is 16.9 Å². The van der Waals surface area contributed by atoms with Crippen LogP contribution in [0, 0.1) is 6.92 Å². The van der Waals surface area contributed by atoms with E-state index in [-0.39, 0.29) is 19.1 Å². The Bertz CT molecular complexity index is 614. The largest absolute Gasteiger partial charge is 0.395 e. The van der Waals surface area contributed by atoms with Crippen LogP contribution in [-0.4, -0.2) is 29.1 Å². The quantitative estimate of drug-likeness (QED) is 0.755. The number of amides is 1. The lowest BCUT2D eigenvalue weighted by Crippen LogP contribution is -2.26. The fourth-order valence-corrected chi connectivity index (χ4v) is 1.94. The molecule has 21 heavy (non-hydrogen) atoms. The Morgan fingerprint density at radius 2 is 2.14 bits per heavy atom. The average Bonchev–Trinajstić information content (AvgIpc) is 2.52. The second-order valence-electron chi connectivity index (χ2n) is 4.66. The number of aromatic nitrogens is 1. The van der Waals surface area contributed by atoms with Crippen molar-refractivity contribution in [3.05, 3.63) is 59.4 Å². The zero-order chi connectivity index (χ0) is 15.1. The van der Waals surface area contributed by atoms with Gasteiger partial charge in [-0.05, 0) is 36.8 Å². The first-order valence-corrected chi connectivity index (χ1v) is 6.84. The lowest BCUT2D eigenvalue weighted by molar-refractivity contribution is 0.0945. The molecular weight excluding hydrogens is 266 g/mol. The SMILES string of the molecule is Cc1ncccc1CNc1cccc(C(=O)NCCO)c1. The first-order valence-electron chi connectivity index (χ1n) is 6.84. The second-order valence-corrected chi connectivity index (χ2v) is 4.66. The standard InChI is InChI=1S/C16H19N3O2/c1-12-14(5-3-7-17-12)11-19-15-6-2-4-13(10-15)16(21)18-8-9-20/h2-7,10,19-20H,8-9,11H2,1H3,(H,18,21). The number of aryl methyl sites for hydroxylation is 1. The number of pyridine rings is 1. The number of anilines is 1. The zero-order valence-corrected chi connectivity index (χ0v) is 12.0. The first-order chi connectivity index (χ1) is 10.2. The van der Waals surface area contributed by atoms with Gasteiger partial charge in [0.2, 0.25) is 0 Å². The Kier molecular flexibility index (Phi) is 5.29. The molecule has 5 nitrogen and oxygen atoms in total. The molecule has 0 spiro atoms. The van der Waals surface area contributed by atoms with Gasteiger partial charge in [-0.2, -0.15) is 0 Å². The lowest BCUT2D eigenvalue weighted by Gasteiger charge is -2.10. The van der Waals surface area contributed by atoms with Crippen molar-refractivity contribution in [3.8, 4) is 0 Å². The number of carbonyl (C=O) groups is 1. The van der Waals surface area contributed by atoms with Crippen molar-refractivity contribution in [1.82, 2.24) is 10.3 Å². The number of benzene rings is 1. The third-order valence-corrected chi connectivity index (χ3v) is 3.12. The maximum atomic E-state index is 11.8. The molecule has 110 valence electrons. The maximum Gasteiger partial charge on any atom is 0.251 e. The van der Waals surface area contributed by atoms with E-state index in [1.807, 2.05) is 31.2 Å². The number of nitrogens with one attached hydrogen (secondary N) is 2. The molecule has 0 atom stereocenters. The minimum Gasteiger partial charge on any atom is -0.395 e. The van der Waals surface area contributed by atoms with Gasteiger partial charge in [0.15, 0.2) is 0 Å². The number of hydrogen-bond acceptors (Lipinski definition) is 4. The van der Waals surface area contributed by atoms with E-state index >= 15 is 0 Å². The van der Waals surface area contributed by atoms with Crippen molar-refractivity contribution < 1.29 is 9.90 Å². The molecule has 1 aromatic carbocycles. The minimum atomic E-state index is -0.190. The van der Waals surface area contributed by atoms with Crippen molar-refractivity contribution in [2.75, 3.05) is 18.5 Å². The number of aliphatic hydroxyl groups is 1. The van der Waals surface area contributed by atoms with Crippen molar-refractivity contribution in [2.24, 2.45) is 0 Å². The summed E-state index contributed by atoms with van der Waals surface area (Å²) in [5, 5.41) is 14.6. The molecule has 0 bridgehead atoms. The van der Waals surface area contributed by atoms with Gasteiger partial charge in [-0.25, -0.2) is 0 Å². The van der Waals surface area contributed by atoms with Gasteiger partial charge in [-0.15, -0.1) is 0 Å². The molecule has 0 fully saturated rings. The molecule has 1 aromatic heterocycles. The predicted molar refractivity (Wildman–Crippen MR) is 82.2 cm³/mol. The molecule has 1 amide bonds. The molecule has 0 aliphatic rings. The van der Waals surface area contributed by atoms with E-state index in [2.05, 4.69) is 15.6 Å². The van der Waals surface area contributed by atoms with Crippen LogP contribution in [0.1, 0.15) is 21.6 Å². The van der Waals surface area contributed by atoms with Gasteiger partial charge in [0, 0.05) is 36.2 Å². The highest BCUT2D eigenvalue weighted by Crippen LogP contribution is 2.13. The number of rotatable bonds is 6. The zero-order valence-electron chi connectivity index (χ0n) is 12.0. The summed E-state index contributed by atoms with van der Waals surface area (Å²) in [6, 6.07) is 11.2. The Balaban J connectivity index is 2.01. The monoisotopic (exact) mass is 285 g/mol. The summed E-state index contributed by atoms with van der Waals surface area (Å²) in [7, 11) is 0. The summed E-state index contributed by atoms with van der Waals surface area (Å²) in [5.41, 5.74) is 3.54. The van der Waals surface area contributed by atoms with Crippen LogP contribution in [0.25, 0.3) is 0 Å². The lowest BCUT2D eigenvalue weighted by atomic mass is 10.1. The molecule has 2 rings (SSSR count). The van der Waals surface area contributed by atoms with Crippen LogP contribution >= 0.6 is 0 Å². The third-order valence-electron chi connectivity index (χ3n) is 3.12. The molecule has 1 heterocycles. The highest BCUT2D eigenvalue weighted by molar-refractivity contribution is 5.95. The topological polar surface area (TPSA) is 74.2 Å². The highest BCUT2D eigenvalue weighted by atomic mass is 16.3. The highest BCUT2D eigenvalue weighted by Gasteiger charge is 2.05.